The molecule has 0 aromatic heterocycles. The molecule has 566 valence electrons. The lowest BCUT2D eigenvalue weighted by molar-refractivity contribution is -0.359. The lowest BCUT2D eigenvalue weighted by Gasteiger charge is -2.46. The molecular formula is C85H143NO13. The highest BCUT2D eigenvalue weighted by Crippen LogP contribution is 2.30. The Balaban J connectivity index is 1.66. The third-order valence-electron chi connectivity index (χ3n) is 18.3. The average molecular weight is 1390 g/mol. The number of hydrogen-bond acceptors (Lipinski definition) is 13. The van der Waals surface area contributed by atoms with E-state index in [0.717, 1.165) is 116 Å². The Kier molecular flexibility index (Phi) is 61.6. The molecule has 2 fully saturated rings. The Morgan fingerprint density at radius 1 is 0.374 bits per heavy atom. The molecule has 14 nitrogen and oxygen atoms in total. The van der Waals surface area contributed by atoms with Crippen molar-refractivity contribution in [3.8, 4) is 0 Å². The van der Waals surface area contributed by atoms with Gasteiger partial charge in [-0.3, -0.25) is 4.79 Å². The summed E-state index contributed by atoms with van der Waals surface area (Å²) in [5.74, 6) is -0.251. The molecule has 0 bridgehead atoms. The molecule has 0 aromatic rings. The van der Waals surface area contributed by atoms with E-state index < -0.39 is 86.8 Å². The number of allylic oxidation sites excluding steroid dienone is 24. The van der Waals surface area contributed by atoms with Crippen LogP contribution in [0.2, 0.25) is 0 Å². The van der Waals surface area contributed by atoms with Gasteiger partial charge in [0.25, 0.3) is 0 Å². The molecule has 2 heterocycles. The van der Waals surface area contributed by atoms with E-state index in [1.807, 2.05) is 0 Å². The van der Waals surface area contributed by atoms with Crippen molar-refractivity contribution >= 4 is 5.91 Å². The van der Waals surface area contributed by atoms with E-state index in [0.29, 0.717) is 12.8 Å². The Morgan fingerprint density at radius 3 is 1.05 bits per heavy atom. The number of aliphatic hydroxyl groups excluding tert-OH is 8. The van der Waals surface area contributed by atoms with Crippen molar-refractivity contribution in [3.05, 3.63) is 146 Å². The van der Waals surface area contributed by atoms with Gasteiger partial charge in [0.15, 0.2) is 12.6 Å². The van der Waals surface area contributed by atoms with E-state index >= 15 is 0 Å². The summed E-state index contributed by atoms with van der Waals surface area (Å²) in [4.78, 5) is 13.4. The third kappa shape index (κ3) is 50.0. The number of amides is 1. The fourth-order valence-electron chi connectivity index (χ4n) is 12.1. The van der Waals surface area contributed by atoms with E-state index in [9.17, 15) is 45.6 Å². The number of carbonyl (C=O) groups is 1. The summed E-state index contributed by atoms with van der Waals surface area (Å²) in [6, 6.07) is -0.865. The molecule has 2 saturated heterocycles. The van der Waals surface area contributed by atoms with Crippen LogP contribution < -0.4 is 5.32 Å². The predicted molar refractivity (Wildman–Crippen MR) is 410 cm³/mol. The fraction of sp³-hybridized carbons (Fsp3) is 0.706. The number of nitrogens with one attached hydrogen (secondary N) is 1. The lowest BCUT2D eigenvalue weighted by Crippen LogP contribution is -2.65. The second-order valence-corrected chi connectivity index (χ2v) is 27.1. The first-order chi connectivity index (χ1) is 48.6. The Hall–Kier alpha value is -4.13. The Labute approximate surface area is 602 Å². The van der Waals surface area contributed by atoms with Gasteiger partial charge in [-0.1, -0.05) is 327 Å². The molecule has 2 aliphatic heterocycles. The van der Waals surface area contributed by atoms with Gasteiger partial charge >= 0.3 is 0 Å². The van der Waals surface area contributed by atoms with E-state index in [-0.39, 0.29) is 18.9 Å². The van der Waals surface area contributed by atoms with E-state index in [2.05, 4.69) is 165 Å². The van der Waals surface area contributed by atoms with E-state index in [1.165, 1.54) is 141 Å². The van der Waals surface area contributed by atoms with Gasteiger partial charge in [0, 0.05) is 6.42 Å². The van der Waals surface area contributed by atoms with Crippen LogP contribution in [0.1, 0.15) is 290 Å². The zero-order valence-electron chi connectivity index (χ0n) is 61.9. The van der Waals surface area contributed by atoms with Crippen molar-refractivity contribution in [1.82, 2.24) is 5.32 Å². The SMILES string of the molecule is CC/C=C\C/C=C\C/C=C\C/C=C\C/C=C\C/C=C\C/C=C\C/C=C\C/C=C\C/C=C\C/C=C\C/C=C\CCCCC(=O)NC(COC1OC(CO)C(OC2OC(CO)C(O)C(O)C2O)C(O)C1O)C(O)CCCCCCCCCCCCCCCCCCCCCCCCCCCC. The molecule has 12 atom stereocenters. The van der Waals surface area contributed by atoms with Gasteiger partial charge in [0.05, 0.1) is 32.0 Å². The van der Waals surface area contributed by atoms with Crippen molar-refractivity contribution in [2.75, 3.05) is 19.8 Å². The highest BCUT2D eigenvalue weighted by molar-refractivity contribution is 5.76. The van der Waals surface area contributed by atoms with Gasteiger partial charge in [0.1, 0.15) is 48.8 Å². The summed E-state index contributed by atoms with van der Waals surface area (Å²) < 4.78 is 22.9. The maximum Gasteiger partial charge on any atom is 0.220 e. The van der Waals surface area contributed by atoms with Gasteiger partial charge in [-0.15, -0.1) is 0 Å². The van der Waals surface area contributed by atoms with Gasteiger partial charge in [-0.25, -0.2) is 0 Å². The van der Waals surface area contributed by atoms with Crippen molar-refractivity contribution < 1.29 is 64.6 Å². The summed E-state index contributed by atoms with van der Waals surface area (Å²) in [6.45, 7) is 2.74. The molecule has 1 amide bonds. The quantitative estimate of drug-likeness (QED) is 0.0204. The highest BCUT2D eigenvalue weighted by Gasteiger charge is 2.51. The molecule has 12 unspecified atom stereocenters. The summed E-state index contributed by atoms with van der Waals surface area (Å²) in [6.07, 6.45) is 84.4. The molecular weight excluding hydrogens is 1240 g/mol. The minimum atomic E-state index is -1.80. The number of rotatable bonds is 64. The molecule has 0 aromatic carbocycles. The minimum absolute atomic E-state index is 0.240. The molecule has 0 spiro atoms. The molecule has 2 aliphatic rings. The van der Waals surface area contributed by atoms with Crippen LogP contribution in [0, 0.1) is 0 Å². The highest BCUT2D eigenvalue weighted by atomic mass is 16.7. The lowest BCUT2D eigenvalue weighted by atomic mass is 9.97. The first kappa shape index (κ1) is 91.0. The monoisotopic (exact) mass is 1390 g/mol. The predicted octanol–water partition coefficient (Wildman–Crippen LogP) is 18.0. The van der Waals surface area contributed by atoms with Crippen LogP contribution in [-0.4, -0.2) is 140 Å². The van der Waals surface area contributed by atoms with Crippen molar-refractivity contribution in [2.45, 2.75) is 364 Å². The van der Waals surface area contributed by atoms with Crippen molar-refractivity contribution in [2.24, 2.45) is 0 Å². The molecule has 2 rings (SSSR count). The average Bonchev–Trinajstić information content (AvgIpc) is 0.794. The van der Waals surface area contributed by atoms with Crippen LogP contribution >= 0.6 is 0 Å². The summed E-state index contributed by atoms with van der Waals surface area (Å²) >= 11 is 0. The van der Waals surface area contributed by atoms with Crippen LogP contribution in [0.4, 0.5) is 0 Å². The van der Waals surface area contributed by atoms with Crippen LogP contribution in [0.3, 0.4) is 0 Å². The van der Waals surface area contributed by atoms with Crippen molar-refractivity contribution in [3.63, 3.8) is 0 Å². The number of aliphatic hydroxyl groups is 8. The Morgan fingerprint density at radius 2 is 0.697 bits per heavy atom. The van der Waals surface area contributed by atoms with Gasteiger partial charge in [0.2, 0.25) is 5.91 Å². The summed E-state index contributed by atoms with van der Waals surface area (Å²) in [5.41, 5.74) is 0. The number of carbonyl (C=O) groups excluding carboxylic acids is 1. The smallest absolute Gasteiger partial charge is 0.220 e. The molecule has 99 heavy (non-hydrogen) atoms. The normalized spacial score (nSPS) is 22.8. The van der Waals surface area contributed by atoms with Gasteiger partial charge < -0.3 is 65.1 Å². The zero-order valence-corrected chi connectivity index (χ0v) is 61.9. The van der Waals surface area contributed by atoms with Crippen LogP contribution in [0.25, 0.3) is 0 Å². The molecule has 9 N–H and O–H groups in total. The third-order valence-corrected chi connectivity index (χ3v) is 18.3. The van der Waals surface area contributed by atoms with Gasteiger partial charge in [-0.2, -0.15) is 0 Å². The van der Waals surface area contributed by atoms with Gasteiger partial charge in [-0.05, 0) is 103 Å². The largest absolute Gasteiger partial charge is 0.394 e. The number of unbranched alkanes of at least 4 members (excludes halogenated alkanes) is 27. The first-order valence-electron chi connectivity index (χ1n) is 39.6. The van der Waals surface area contributed by atoms with Crippen LogP contribution in [0.15, 0.2) is 146 Å². The maximum absolute atomic E-state index is 13.4. The molecule has 0 aliphatic carbocycles. The topological polar surface area (TPSA) is 228 Å². The molecule has 0 radical (unpaired) electrons. The second-order valence-electron chi connectivity index (χ2n) is 27.1. The number of ether oxygens (including phenoxy) is 4. The maximum atomic E-state index is 13.4. The Bertz CT molecular complexity index is 2230. The fourth-order valence-corrected chi connectivity index (χ4v) is 12.1. The summed E-state index contributed by atoms with van der Waals surface area (Å²) in [5, 5.41) is 87.8. The summed E-state index contributed by atoms with van der Waals surface area (Å²) in [7, 11) is 0. The minimum Gasteiger partial charge on any atom is -0.394 e. The van der Waals surface area contributed by atoms with Crippen molar-refractivity contribution in [1.29, 1.82) is 0 Å². The van der Waals surface area contributed by atoms with Crippen LogP contribution in [0.5, 0.6) is 0 Å². The number of hydrogen-bond donors (Lipinski definition) is 9. The standard InChI is InChI=1S/C85H143NO13/c1-3-5-7-9-11-13-15-17-19-21-23-25-27-29-31-32-33-34-35-36-37-38-39-40-41-42-43-45-47-49-51-53-55-57-59-61-63-65-67-69-77(90)86-73(72-96-84-82(95)80(93)83(76(71-88)98-84)99-85-81(94)79(92)78(91)75(70-87)97-85)74(89)68-66-64-62-60-58-56-54-52-50-48-46-44-30-28-26-24-22-20-18-16-14-12-10-8-6-4-2/h5,7,11,13,17,19,23,25,29,31,33-34,36-37,39-40,42-43,47,49,53,55,59,61,73-76,78-85,87-89,91-95H,3-4,6,8-10,12,14-16,18,20-22,24,26-28,30,32,35,38,41,44-46,48,50-52,54,56-58,60,62-72H2,1-2H3,(H,86,90)/b7-5-,13-11-,19-17-,25-23-,31-29-,34-33-,37-36-,40-39-,43-42-,49-47-,55-53-,61-59-. The van der Waals surface area contributed by atoms with E-state index in [4.69, 9.17) is 18.9 Å². The molecule has 14 heteroatoms. The second kappa shape index (κ2) is 67.1. The zero-order chi connectivity index (χ0) is 71.5. The van der Waals surface area contributed by atoms with Crippen LogP contribution in [-0.2, 0) is 23.7 Å². The van der Waals surface area contributed by atoms with E-state index in [1.54, 1.807) is 0 Å². The molecule has 0 saturated carbocycles. The first-order valence-corrected chi connectivity index (χ1v) is 39.6.